The third-order valence-corrected chi connectivity index (χ3v) is 2.50. The van der Waals surface area contributed by atoms with Crippen molar-refractivity contribution in [1.29, 1.82) is 0 Å². The van der Waals surface area contributed by atoms with Gasteiger partial charge in [0.05, 0.1) is 6.61 Å². The molecule has 0 saturated heterocycles. The van der Waals surface area contributed by atoms with Crippen molar-refractivity contribution < 1.29 is 14.3 Å². The number of anilines is 2. The molecule has 1 rings (SSSR count). The first-order chi connectivity index (χ1) is 9.06. The average molecular weight is 264 g/mol. The summed E-state index contributed by atoms with van der Waals surface area (Å²) in [6.45, 7) is 5.50. The second-order valence-electron chi connectivity index (χ2n) is 4.12. The molecular weight excluding hydrogens is 244 g/mol. The lowest BCUT2D eigenvalue weighted by atomic mass is 10.2. The van der Waals surface area contributed by atoms with Crippen LogP contribution in [-0.4, -0.2) is 24.5 Å². The van der Waals surface area contributed by atoms with E-state index in [0.29, 0.717) is 18.7 Å². The molecule has 0 aliphatic carbocycles. The van der Waals surface area contributed by atoms with Gasteiger partial charge in [0.1, 0.15) is 6.04 Å². The number of hydrogen-bond acceptors (Lipinski definition) is 4. The first-order valence-electron chi connectivity index (χ1n) is 6.37. The van der Waals surface area contributed by atoms with Crippen molar-refractivity contribution in [3.63, 3.8) is 0 Å². The highest BCUT2D eigenvalue weighted by Crippen LogP contribution is 2.17. The minimum absolute atomic E-state index is 0.130. The van der Waals surface area contributed by atoms with Crippen molar-refractivity contribution in [3.8, 4) is 0 Å². The van der Waals surface area contributed by atoms with Gasteiger partial charge in [0.15, 0.2) is 0 Å². The van der Waals surface area contributed by atoms with Crippen LogP contribution in [-0.2, 0) is 14.3 Å². The number of hydrogen-bond donors (Lipinski definition) is 2. The van der Waals surface area contributed by atoms with Crippen LogP contribution in [0.2, 0.25) is 0 Å². The number of ether oxygens (including phenoxy) is 1. The Morgan fingerprint density at radius 3 is 2.53 bits per heavy atom. The standard InChI is InChI=1S/C14H20N2O3/c1-4-13(14(18)19-5-2)16-12-8-6-7-11(9-12)15-10(3)17/h6-9,13,16H,4-5H2,1-3H3,(H,15,17). The number of carbonyl (C=O) groups is 2. The normalized spacial score (nSPS) is 11.5. The van der Waals surface area contributed by atoms with E-state index in [9.17, 15) is 9.59 Å². The van der Waals surface area contributed by atoms with Gasteiger partial charge >= 0.3 is 5.97 Å². The van der Waals surface area contributed by atoms with Gasteiger partial charge in [-0.3, -0.25) is 4.79 Å². The van der Waals surface area contributed by atoms with Crippen molar-refractivity contribution in [2.75, 3.05) is 17.2 Å². The smallest absolute Gasteiger partial charge is 0.328 e. The number of esters is 1. The molecule has 1 aromatic rings. The SMILES string of the molecule is CCOC(=O)C(CC)Nc1cccc(NC(C)=O)c1. The monoisotopic (exact) mass is 264 g/mol. The fraction of sp³-hybridized carbons (Fsp3) is 0.429. The zero-order valence-electron chi connectivity index (χ0n) is 11.5. The van der Waals surface area contributed by atoms with Crippen LogP contribution in [0.3, 0.4) is 0 Å². The minimum Gasteiger partial charge on any atom is -0.464 e. The maximum Gasteiger partial charge on any atom is 0.328 e. The quantitative estimate of drug-likeness (QED) is 0.774. The molecule has 1 atom stereocenters. The van der Waals surface area contributed by atoms with Gasteiger partial charge in [-0.25, -0.2) is 4.79 Å². The molecule has 0 bridgehead atoms. The van der Waals surface area contributed by atoms with Gasteiger partial charge in [0.25, 0.3) is 0 Å². The molecule has 1 aromatic carbocycles. The number of amides is 1. The lowest BCUT2D eigenvalue weighted by molar-refractivity contribution is -0.144. The molecule has 104 valence electrons. The van der Waals surface area contributed by atoms with Gasteiger partial charge in [0, 0.05) is 18.3 Å². The molecule has 1 amide bonds. The second-order valence-corrected chi connectivity index (χ2v) is 4.12. The molecule has 5 heteroatoms. The van der Waals surface area contributed by atoms with E-state index in [4.69, 9.17) is 4.74 Å². The maximum atomic E-state index is 11.7. The first-order valence-corrected chi connectivity index (χ1v) is 6.37. The van der Waals surface area contributed by atoms with E-state index in [1.165, 1.54) is 6.92 Å². The highest BCUT2D eigenvalue weighted by atomic mass is 16.5. The van der Waals surface area contributed by atoms with Crippen LogP contribution in [0.1, 0.15) is 27.2 Å². The molecule has 0 radical (unpaired) electrons. The van der Waals surface area contributed by atoms with E-state index in [2.05, 4.69) is 10.6 Å². The van der Waals surface area contributed by atoms with E-state index in [1.54, 1.807) is 19.1 Å². The van der Waals surface area contributed by atoms with Crippen LogP contribution in [0.5, 0.6) is 0 Å². The van der Waals surface area contributed by atoms with Crippen molar-refractivity contribution in [2.24, 2.45) is 0 Å². The first kappa shape index (κ1) is 15.0. The van der Waals surface area contributed by atoms with Crippen LogP contribution >= 0.6 is 0 Å². The summed E-state index contributed by atoms with van der Waals surface area (Å²) in [5, 5.41) is 5.80. The molecule has 0 aliphatic heterocycles. The Balaban J connectivity index is 2.74. The Bertz CT molecular complexity index is 446. The van der Waals surface area contributed by atoms with E-state index in [1.807, 2.05) is 19.1 Å². The van der Waals surface area contributed by atoms with Crippen molar-refractivity contribution in [1.82, 2.24) is 0 Å². The van der Waals surface area contributed by atoms with Gasteiger partial charge in [-0.1, -0.05) is 13.0 Å². The Morgan fingerprint density at radius 2 is 1.95 bits per heavy atom. The average Bonchev–Trinajstić information content (AvgIpc) is 2.35. The Morgan fingerprint density at radius 1 is 1.26 bits per heavy atom. The molecule has 19 heavy (non-hydrogen) atoms. The number of benzene rings is 1. The molecule has 0 aliphatic rings. The Labute approximate surface area is 113 Å². The van der Waals surface area contributed by atoms with Gasteiger partial charge in [-0.15, -0.1) is 0 Å². The molecule has 2 N–H and O–H groups in total. The molecule has 0 fully saturated rings. The highest BCUT2D eigenvalue weighted by molar-refractivity contribution is 5.89. The maximum absolute atomic E-state index is 11.7. The summed E-state index contributed by atoms with van der Waals surface area (Å²) >= 11 is 0. The molecular formula is C14H20N2O3. The third kappa shape index (κ3) is 4.99. The topological polar surface area (TPSA) is 67.4 Å². The van der Waals surface area contributed by atoms with E-state index in [0.717, 1.165) is 5.69 Å². The van der Waals surface area contributed by atoms with Crippen molar-refractivity contribution in [3.05, 3.63) is 24.3 Å². The molecule has 0 heterocycles. The van der Waals surface area contributed by atoms with Gasteiger partial charge in [-0.05, 0) is 31.5 Å². The summed E-state index contributed by atoms with van der Waals surface area (Å²) in [6, 6.07) is 6.84. The molecule has 0 saturated carbocycles. The summed E-state index contributed by atoms with van der Waals surface area (Å²) in [5.74, 6) is -0.399. The lowest BCUT2D eigenvalue weighted by Crippen LogP contribution is -2.30. The fourth-order valence-electron chi connectivity index (χ4n) is 1.66. The summed E-state index contributed by atoms with van der Waals surface area (Å²) in [7, 11) is 0. The van der Waals surface area contributed by atoms with Crippen molar-refractivity contribution in [2.45, 2.75) is 33.2 Å². The fourth-order valence-corrected chi connectivity index (χ4v) is 1.66. The predicted octanol–water partition coefficient (Wildman–Crippen LogP) is 2.40. The highest BCUT2D eigenvalue weighted by Gasteiger charge is 2.17. The minimum atomic E-state index is -0.382. The predicted molar refractivity (Wildman–Crippen MR) is 75.1 cm³/mol. The Hall–Kier alpha value is -2.04. The van der Waals surface area contributed by atoms with Gasteiger partial charge in [0.2, 0.25) is 5.91 Å². The number of nitrogens with one attached hydrogen (secondary N) is 2. The Kier molecular flexibility index (Phi) is 5.85. The largest absolute Gasteiger partial charge is 0.464 e. The zero-order chi connectivity index (χ0) is 14.3. The van der Waals surface area contributed by atoms with Crippen LogP contribution in [0, 0.1) is 0 Å². The molecule has 5 nitrogen and oxygen atoms in total. The van der Waals surface area contributed by atoms with Crippen LogP contribution in [0.4, 0.5) is 11.4 Å². The molecule has 1 unspecified atom stereocenters. The molecule has 0 spiro atoms. The van der Waals surface area contributed by atoms with Crippen LogP contribution < -0.4 is 10.6 Å². The number of carbonyl (C=O) groups excluding carboxylic acids is 2. The zero-order valence-corrected chi connectivity index (χ0v) is 11.5. The lowest BCUT2D eigenvalue weighted by Gasteiger charge is -2.17. The molecule has 0 aromatic heterocycles. The summed E-state index contributed by atoms with van der Waals surface area (Å²) in [6.07, 6.45) is 0.628. The summed E-state index contributed by atoms with van der Waals surface area (Å²) in [4.78, 5) is 22.7. The van der Waals surface area contributed by atoms with Gasteiger partial charge in [-0.2, -0.15) is 0 Å². The van der Waals surface area contributed by atoms with Crippen molar-refractivity contribution >= 4 is 23.3 Å². The summed E-state index contributed by atoms with van der Waals surface area (Å²) in [5.41, 5.74) is 1.46. The second kappa shape index (κ2) is 7.41. The van der Waals surface area contributed by atoms with E-state index < -0.39 is 0 Å². The van der Waals surface area contributed by atoms with Crippen LogP contribution in [0.25, 0.3) is 0 Å². The van der Waals surface area contributed by atoms with E-state index >= 15 is 0 Å². The van der Waals surface area contributed by atoms with Crippen LogP contribution in [0.15, 0.2) is 24.3 Å². The summed E-state index contributed by atoms with van der Waals surface area (Å²) < 4.78 is 4.99. The number of rotatable bonds is 6. The third-order valence-electron chi connectivity index (χ3n) is 2.50. The van der Waals surface area contributed by atoms with E-state index in [-0.39, 0.29) is 17.9 Å². The van der Waals surface area contributed by atoms with Gasteiger partial charge < -0.3 is 15.4 Å².